The van der Waals surface area contributed by atoms with Gasteiger partial charge in [-0.2, -0.15) is 0 Å². The minimum absolute atomic E-state index is 0. The molecule has 0 atom stereocenters. The minimum atomic E-state index is 0. The van der Waals surface area contributed by atoms with Crippen LogP contribution in [0.25, 0.3) is 0 Å². The van der Waals surface area contributed by atoms with Gasteiger partial charge in [0.05, 0.1) is 0 Å². The lowest BCUT2D eigenvalue weighted by Crippen LogP contribution is -2.20. The van der Waals surface area contributed by atoms with E-state index in [0.29, 0.717) is 0 Å². The van der Waals surface area contributed by atoms with Crippen molar-refractivity contribution in [3.63, 3.8) is 0 Å². The molecule has 1 aromatic carbocycles. The molecule has 2 N–H and O–H groups in total. The molecule has 0 fully saturated rings. The molecule has 1 rings (SSSR count). The zero-order valence-corrected chi connectivity index (χ0v) is 12.7. The summed E-state index contributed by atoms with van der Waals surface area (Å²) in [5, 5.41) is 0. The number of halogens is 2. The Labute approximate surface area is 123 Å². The fourth-order valence-corrected chi connectivity index (χ4v) is 1.59. The molecule has 0 bridgehead atoms. The maximum Gasteiger partial charge on any atom is 0.0478 e. The van der Waals surface area contributed by atoms with Gasteiger partial charge in [-0.25, -0.2) is 0 Å². The van der Waals surface area contributed by atoms with Crippen molar-refractivity contribution in [2.24, 2.45) is 0 Å². The van der Waals surface area contributed by atoms with Crippen LogP contribution in [0.5, 0.6) is 0 Å². The van der Waals surface area contributed by atoms with Gasteiger partial charge in [-0.15, -0.1) is 24.8 Å². The Bertz CT molecular complexity index is 294. The molecule has 0 saturated heterocycles. The molecule has 0 spiro atoms. The lowest BCUT2D eigenvalue weighted by Gasteiger charge is -2.16. The number of nitrogens with two attached hydrogens (primary N) is 1. The van der Waals surface area contributed by atoms with Crippen LogP contribution < -0.4 is 5.73 Å². The molecule has 0 aliphatic carbocycles. The largest absolute Gasteiger partial charge is 0.399 e. The number of ether oxygens (including phenoxy) is 1. The van der Waals surface area contributed by atoms with E-state index in [1.54, 1.807) is 0 Å². The predicted molar refractivity (Wildman–Crippen MR) is 82.8 cm³/mol. The molecule has 5 heteroatoms. The lowest BCUT2D eigenvalue weighted by molar-refractivity contribution is 0.135. The first-order valence-electron chi connectivity index (χ1n) is 5.83. The van der Waals surface area contributed by atoms with Crippen LogP contribution in [0.15, 0.2) is 24.3 Å². The van der Waals surface area contributed by atoms with Gasteiger partial charge in [-0.05, 0) is 38.1 Å². The first-order valence-corrected chi connectivity index (χ1v) is 5.83. The molecule has 0 saturated carbocycles. The molecule has 0 aliphatic rings. The van der Waals surface area contributed by atoms with Crippen molar-refractivity contribution in [1.29, 1.82) is 0 Å². The van der Waals surface area contributed by atoms with Crippen LogP contribution >= 0.6 is 24.8 Å². The second-order valence-corrected chi connectivity index (χ2v) is 4.03. The molecular weight excluding hydrogens is 271 g/mol. The second-order valence-electron chi connectivity index (χ2n) is 4.03. The molecule has 0 amide bonds. The summed E-state index contributed by atoms with van der Waals surface area (Å²) in [6.45, 7) is 5.71. The third-order valence-corrected chi connectivity index (χ3v) is 2.46. The topological polar surface area (TPSA) is 38.5 Å². The van der Waals surface area contributed by atoms with E-state index < -0.39 is 0 Å². The van der Waals surface area contributed by atoms with Crippen molar-refractivity contribution in [3.8, 4) is 0 Å². The molecule has 3 nitrogen and oxygen atoms in total. The minimum Gasteiger partial charge on any atom is -0.399 e. The van der Waals surface area contributed by atoms with Gasteiger partial charge in [0, 0.05) is 32.0 Å². The van der Waals surface area contributed by atoms with E-state index in [1.807, 2.05) is 19.1 Å². The summed E-state index contributed by atoms with van der Waals surface area (Å²) >= 11 is 0. The molecule has 0 heterocycles. The molecule has 0 radical (unpaired) electrons. The van der Waals surface area contributed by atoms with E-state index in [-0.39, 0.29) is 24.8 Å². The third kappa shape index (κ3) is 8.59. The summed E-state index contributed by atoms with van der Waals surface area (Å²) in [5.74, 6) is 0. The van der Waals surface area contributed by atoms with Crippen LogP contribution in [0, 0.1) is 0 Å². The van der Waals surface area contributed by atoms with Gasteiger partial charge in [0.2, 0.25) is 0 Å². The number of hydrogen-bond acceptors (Lipinski definition) is 3. The second kappa shape index (κ2) is 11.6. The number of benzene rings is 1. The Balaban J connectivity index is 0. The summed E-state index contributed by atoms with van der Waals surface area (Å²) in [6.07, 6.45) is 1.08. The van der Waals surface area contributed by atoms with Crippen LogP contribution in [-0.2, 0) is 11.3 Å². The molecular formula is C13H24Cl2N2O. The van der Waals surface area contributed by atoms with Gasteiger partial charge in [-0.1, -0.05) is 12.1 Å². The van der Waals surface area contributed by atoms with Gasteiger partial charge in [-0.3, -0.25) is 0 Å². The van der Waals surface area contributed by atoms with E-state index in [4.69, 9.17) is 10.5 Å². The van der Waals surface area contributed by atoms with E-state index in [2.05, 4.69) is 24.1 Å². The number of rotatable bonds is 7. The molecule has 0 unspecified atom stereocenters. The Kier molecular flexibility index (Phi) is 12.8. The highest BCUT2D eigenvalue weighted by Crippen LogP contribution is 2.07. The first-order chi connectivity index (χ1) is 7.72. The molecule has 0 aromatic heterocycles. The van der Waals surface area contributed by atoms with Crippen molar-refractivity contribution in [2.45, 2.75) is 19.9 Å². The summed E-state index contributed by atoms with van der Waals surface area (Å²) in [5.41, 5.74) is 7.76. The zero-order valence-electron chi connectivity index (χ0n) is 11.1. The fourth-order valence-electron chi connectivity index (χ4n) is 1.59. The number of nitrogens with zero attached hydrogens (tertiary/aromatic N) is 1. The first kappa shape index (κ1) is 19.9. The maximum atomic E-state index is 5.64. The van der Waals surface area contributed by atoms with E-state index >= 15 is 0 Å². The van der Waals surface area contributed by atoms with Crippen molar-refractivity contribution in [1.82, 2.24) is 4.90 Å². The highest BCUT2D eigenvalue weighted by Gasteiger charge is 1.99. The summed E-state index contributed by atoms with van der Waals surface area (Å²) in [7, 11) is 2.13. The predicted octanol–water partition coefficient (Wildman–Crippen LogP) is 2.97. The van der Waals surface area contributed by atoms with Crippen LogP contribution in [0.3, 0.4) is 0 Å². The van der Waals surface area contributed by atoms with E-state index in [0.717, 1.165) is 38.4 Å². The van der Waals surface area contributed by atoms with Crippen LogP contribution in [0.2, 0.25) is 0 Å². The number of nitrogen functional groups attached to an aromatic ring is 1. The molecule has 1 aromatic rings. The smallest absolute Gasteiger partial charge is 0.0478 e. The standard InChI is InChI=1S/C13H22N2O.2ClH/c1-3-16-10-4-9-15(2)11-12-5-7-13(14)8-6-12;;/h5-8H,3-4,9-11,14H2,1-2H3;2*1H. The van der Waals surface area contributed by atoms with Gasteiger partial charge in [0.15, 0.2) is 0 Å². The Morgan fingerprint density at radius 3 is 2.33 bits per heavy atom. The monoisotopic (exact) mass is 294 g/mol. The van der Waals surface area contributed by atoms with Crippen LogP contribution in [-0.4, -0.2) is 31.7 Å². The van der Waals surface area contributed by atoms with Crippen LogP contribution in [0.1, 0.15) is 18.9 Å². The van der Waals surface area contributed by atoms with Crippen molar-refractivity contribution >= 4 is 30.5 Å². The Morgan fingerprint density at radius 1 is 1.17 bits per heavy atom. The average molecular weight is 295 g/mol. The van der Waals surface area contributed by atoms with E-state index in [1.165, 1.54) is 5.56 Å². The zero-order chi connectivity index (χ0) is 11.8. The molecule has 0 aliphatic heterocycles. The number of hydrogen-bond donors (Lipinski definition) is 1. The SMILES string of the molecule is CCOCCCN(C)Cc1ccc(N)cc1.Cl.Cl. The van der Waals surface area contributed by atoms with Gasteiger partial charge in [0.25, 0.3) is 0 Å². The van der Waals surface area contributed by atoms with Crippen molar-refractivity contribution in [3.05, 3.63) is 29.8 Å². The van der Waals surface area contributed by atoms with Gasteiger partial charge in [0.1, 0.15) is 0 Å². The molecule has 106 valence electrons. The van der Waals surface area contributed by atoms with Gasteiger partial charge < -0.3 is 15.4 Å². The summed E-state index contributed by atoms with van der Waals surface area (Å²) in [6, 6.07) is 8.05. The summed E-state index contributed by atoms with van der Waals surface area (Å²) < 4.78 is 5.31. The Morgan fingerprint density at radius 2 is 1.78 bits per heavy atom. The molecule has 18 heavy (non-hydrogen) atoms. The van der Waals surface area contributed by atoms with Crippen molar-refractivity contribution in [2.75, 3.05) is 32.5 Å². The van der Waals surface area contributed by atoms with Gasteiger partial charge >= 0.3 is 0 Å². The maximum absolute atomic E-state index is 5.64. The van der Waals surface area contributed by atoms with E-state index in [9.17, 15) is 0 Å². The number of anilines is 1. The highest BCUT2D eigenvalue weighted by atomic mass is 35.5. The summed E-state index contributed by atoms with van der Waals surface area (Å²) in [4.78, 5) is 2.30. The quantitative estimate of drug-likeness (QED) is 0.621. The third-order valence-electron chi connectivity index (χ3n) is 2.46. The lowest BCUT2D eigenvalue weighted by atomic mass is 10.2. The van der Waals surface area contributed by atoms with Crippen LogP contribution in [0.4, 0.5) is 5.69 Å². The Hall–Kier alpha value is -0.480. The van der Waals surface area contributed by atoms with Crippen molar-refractivity contribution < 1.29 is 4.74 Å². The fraction of sp³-hybridized carbons (Fsp3) is 0.538. The highest BCUT2D eigenvalue weighted by molar-refractivity contribution is 5.85. The normalized spacial score (nSPS) is 9.72. The average Bonchev–Trinajstić information content (AvgIpc) is 2.28.